The molecule has 0 saturated heterocycles. The predicted octanol–water partition coefficient (Wildman–Crippen LogP) is 3.98. The molecule has 1 unspecified atom stereocenters. The van der Waals surface area contributed by atoms with Crippen LogP contribution in [0.1, 0.15) is 20.3 Å². The van der Waals surface area contributed by atoms with E-state index in [0.717, 1.165) is 28.5 Å². The Morgan fingerprint density at radius 1 is 1.44 bits per heavy atom. The lowest BCUT2D eigenvalue weighted by Crippen LogP contribution is -2.20. The van der Waals surface area contributed by atoms with Gasteiger partial charge in [-0.3, -0.25) is 4.99 Å². The molecule has 1 aliphatic rings. The molecule has 1 N–H and O–H groups in total. The first kappa shape index (κ1) is 12.0. The summed E-state index contributed by atoms with van der Waals surface area (Å²) >= 11 is 3.47. The standard InChI is InChI=1S/C13H15N3S2/c1-3-13(2)7-17-12(16-13)15-9-4-5-10-11(6-9)18-8-14-10/h4-6,8H,3,7H2,1-2H3,(H,15,16). The highest BCUT2D eigenvalue weighted by atomic mass is 32.2. The normalized spacial score (nSPS) is 23.3. The zero-order valence-corrected chi connectivity index (χ0v) is 12.1. The molecule has 3 nitrogen and oxygen atoms in total. The molecule has 1 aliphatic heterocycles. The molecule has 1 aromatic heterocycles. The van der Waals surface area contributed by atoms with E-state index in [1.807, 2.05) is 11.6 Å². The highest BCUT2D eigenvalue weighted by Gasteiger charge is 2.28. The third-order valence-electron chi connectivity index (χ3n) is 3.24. The quantitative estimate of drug-likeness (QED) is 0.902. The van der Waals surface area contributed by atoms with Gasteiger partial charge in [0.2, 0.25) is 0 Å². The van der Waals surface area contributed by atoms with E-state index in [1.165, 1.54) is 4.70 Å². The molecular weight excluding hydrogens is 262 g/mol. The van der Waals surface area contributed by atoms with Gasteiger partial charge in [0.25, 0.3) is 0 Å². The van der Waals surface area contributed by atoms with Gasteiger partial charge >= 0.3 is 0 Å². The van der Waals surface area contributed by atoms with Crippen molar-refractivity contribution in [2.75, 3.05) is 11.1 Å². The largest absolute Gasteiger partial charge is 0.335 e. The minimum absolute atomic E-state index is 0.0988. The molecule has 0 radical (unpaired) electrons. The molecule has 2 heterocycles. The number of aromatic nitrogens is 1. The number of rotatable bonds is 2. The van der Waals surface area contributed by atoms with Crippen molar-refractivity contribution in [2.24, 2.45) is 4.99 Å². The highest BCUT2D eigenvalue weighted by molar-refractivity contribution is 8.14. The number of aliphatic imine (C=N–C) groups is 1. The van der Waals surface area contributed by atoms with Gasteiger partial charge in [-0.05, 0) is 31.5 Å². The first-order valence-electron chi connectivity index (χ1n) is 6.01. The van der Waals surface area contributed by atoms with Crippen LogP contribution in [0.25, 0.3) is 10.2 Å². The van der Waals surface area contributed by atoms with Crippen molar-refractivity contribution in [2.45, 2.75) is 25.8 Å². The van der Waals surface area contributed by atoms with Crippen LogP contribution in [0.15, 0.2) is 28.7 Å². The van der Waals surface area contributed by atoms with Gasteiger partial charge in [-0.2, -0.15) is 0 Å². The second kappa shape index (κ2) is 4.55. The maximum atomic E-state index is 4.76. The van der Waals surface area contributed by atoms with Gasteiger partial charge in [-0.25, -0.2) is 4.98 Å². The van der Waals surface area contributed by atoms with E-state index >= 15 is 0 Å². The number of nitrogens with zero attached hydrogens (tertiary/aromatic N) is 2. The molecule has 2 aromatic rings. The van der Waals surface area contributed by atoms with Gasteiger partial charge in [0.1, 0.15) is 0 Å². The molecule has 5 heteroatoms. The molecule has 18 heavy (non-hydrogen) atoms. The number of nitrogens with one attached hydrogen (secondary N) is 1. The second-order valence-corrected chi connectivity index (χ2v) is 6.57. The number of amidine groups is 1. The van der Waals surface area contributed by atoms with E-state index in [4.69, 9.17) is 4.99 Å². The molecule has 0 spiro atoms. The van der Waals surface area contributed by atoms with E-state index in [0.29, 0.717) is 0 Å². The highest BCUT2D eigenvalue weighted by Crippen LogP contribution is 2.31. The summed E-state index contributed by atoms with van der Waals surface area (Å²) in [5, 5.41) is 4.43. The van der Waals surface area contributed by atoms with Crippen LogP contribution in [0.5, 0.6) is 0 Å². The van der Waals surface area contributed by atoms with Crippen LogP contribution >= 0.6 is 23.1 Å². The molecular formula is C13H15N3S2. The fraction of sp³-hybridized carbons (Fsp3) is 0.385. The Morgan fingerprint density at radius 2 is 2.33 bits per heavy atom. The molecule has 94 valence electrons. The summed E-state index contributed by atoms with van der Waals surface area (Å²) in [7, 11) is 0. The minimum Gasteiger partial charge on any atom is -0.335 e. The summed E-state index contributed by atoms with van der Waals surface area (Å²) in [5.41, 5.74) is 4.13. The molecule has 0 saturated carbocycles. The first-order chi connectivity index (χ1) is 8.68. The number of hydrogen-bond donors (Lipinski definition) is 1. The van der Waals surface area contributed by atoms with Crippen molar-refractivity contribution in [1.82, 2.24) is 4.98 Å². The van der Waals surface area contributed by atoms with Gasteiger partial charge in [0.15, 0.2) is 5.17 Å². The van der Waals surface area contributed by atoms with Crippen LogP contribution < -0.4 is 5.32 Å². The fourth-order valence-corrected chi connectivity index (χ4v) is 3.74. The van der Waals surface area contributed by atoms with Crippen LogP contribution in [0, 0.1) is 0 Å². The Bertz CT molecular complexity index is 605. The fourth-order valence-electron chi connectivity index (χ4n) is 1.84. The molecule has 0 fully saturated rings. The molecule has 1 aromatic carbocycles. The molecule has 0 bridgehead atoms. The minimum atomic E-state index is 0.0988. The number of thiazole rings is 1. The van der Waals surface area contributed by atoms with Gasteiger partial charge in [-0.15, -0.1) is 11.3 Å². The number of benzene rings is 1. The zero-order chi connectivity index (χ0) is 12.6. The van der Waals surface area contributed by atoms with Crippen LogP contribution in [0.4, 0.5) is 5.69 Å². The predicted molar refractivity (Wildman–Crippen MR) is 81.8 cm³/mol. The summed E-state index contributed by atoms with van der Waals surface area (Å²) in [6, 6.07) is 6.25. The van der Waals surface area contributed by atoms with E-state index in [1.54, 1.807) is 23.1 Å². The molecule has 3 rings (SSSR count). The van der Waals surface area contributed by atoms with Crippen molar-refractivity contribution >= 4 is 44.2 Å². The Labute approximate surface area is 115 Å². The smallest absolute Gasteiger partial charge is 0.161 e. The Morgan fingerprint density at radius 3 is 3.11 bits per heavy atom. The van der Waals surface area contributed by atoms with Crippen LogP contribution in [-0.2, 0) is 0 Å². The van der Waals surface area contributed by atoms with E-state index in [9.17, 15) is 0 Å². The molecule has 0 amide bonds. The number of fused-ring (bicyclic) bond motifs is 1. The van der Waals surface area contributed by atoms with Gasteiger partial charge in [0, 0.05) is 11.4 Å². The third kappa shape index (κ3) is 2.24. The summed E-state index contributed by atoms with van der Waals surface area (Å²) < 4.78 is 1.21. The Hall–Kier alpha value is -1.07. The van der Waals surface area contributed by atoms with Crippen molar-refractivity contribution < 1.29 is 0 Å². The van der Waals surface area contributed by atoms with Gasteiger partial charge in [0.05, 0.1) is 21.3 Å². The topological polar surface area (TPSA) is 37.3 Å². The average Bonchev–Trinajstić information content (AvgIpc) is 2.96. The monoisotopic (exact) mass is 277 g/mol. The number of anilines is 1. The third-order valence-corrected chi connectivity index (χ3v) is 5.26. The Kier molecular flexibility index (Phi) is 3.03. The SMILES string of the molecule is CCC1(C)CSC(Nc2ccc3ncsc3c2)=N1. The van der Waals surface area contributed by atoms with E-state index in [-0.39, 0.29) is 5.54 Å². The maximum absolute atomic E-state index is 4.76. The summed E-state index contributed by atoms with van der Waals surface area (Å²) in [4.78, 5) is 9.04. The van der Waals surface area contributed by atoms with Crippen LogP contribution in [0.3, 0.4) is 0 Å². The van der Waals surface area contributed by atoms with Crippen molar-refractivity contribution in [3.05, 3.63) is 23.7 Å². The lowest BCUT2D eigenvalue weighted by atomic mass is 10.0. The van der Waals surface area contributed by atoms with Gasteiger partial charge in [-0.1, -0.05) is 18.7 Å². The van der Waals surface area contributed by atoms with Crippen molar-refractivity contribution in [3.63, 3.8) is 0 Å². The number of thioether (sulfide) groups is 1. The van der Waals surface area contributed by atoms with Crippen molar-refractivity contribution in [1.29, 1.82) is 0 Å². The zero-order valence-electron chi connectivity index (χ0n) is 10.4. The first-order valence-corrected chi connectivity index (χ1v) is 7.88. The lowest BCUT2D eigenvalue weighted by molar-refractivity contribution is 0.523. The summed E-state index contributed by atoms with van der Waals surface area (Å²) in [6.45, 7) is 4.40. The molecule has 1 atom stereocenters. The number of hydrogen-bond acceptors (Lipinski definition) is 5. The Balaban J connectivity index is 1.82. The van der Waals surface area contributed by atoms with Crippen molar-refractivity contribution in [3.8, 4) is 0 Å². The summed E-state index contributed by atoms with van der Waals surface area (Å²) in [6.07, 6.45) is 1.08. The van der Waals surface area contributed by atoms with Gasteiger partial charge < -0.3 is 5.32 Å². The summed E-state index contributed by atoms with van der Waals surface area (Å²) in [5.74, 6) is 1.06. The van der Waals surface area contributed by atoms with E-state index in [2.05, 4.69) is 36.3 Å². The average molecular weight is 277 g/mol. The second-order valence-electron chi connectivity index (χ2n) is 4.72. The molecule has 0 aliphatic carbocycles. The van der Waals surface area contributed by atoms with Crippen LogP contribution in [0.2, 0.25) is 0 Å². The van der Waals surface area contributed by atoms with Crippen LogP contribution in [-0.4, -0.2) is 21.4 Å². The van der Waals surface area contributed by atoms with E-state index < -0.39 is 0 Å². The lowest BCUT2D eigenvalue weighted by Gasteiger charge is -2.15. The maximum Gasteiger partial charge on any atom is 0.161 e.